The Kier molecular flexibility index (Phi) is 5.48. The third-order valence-corrected chi connectivity index (χ3v) is 4.01. The lowest BCUT2D eigenvalue weighted by Gasteiger charge is -2.25. The first-order valence-electron chi connectivity index (χ1n) is 6.93. The molecule has 0 saturated carbocycles. The summed E-state index contributed by atoms with van der Waals surface area (Å²) in [7, 11) is 0. The summed E-state index contributed by atoms with van der Waals surface area (Å²) in [4.78, 5) is 0. The number of nitrogens with one attached hydrogen (secondary N) is 2. The molecule has 0 aromatic heterocycles. The molecule has 2 unspecified atom stereocenters. The van der Waals surface area contributed by atoms with Crippen LogP contribution in [-0.4, -0.2) is 25.7 Å². The summed E-state index contributed by atoms with van der Waals surface area (Å²) in [6.45, 7) is 5.69. The van der Waals surface area contributed by atoms with E-state index in [0.29, 0.717) is 6.04 Å². The maximum absolute atomic E-state index is 6.18. The molecule has 2 nitrogen and oxygen atoms in total. The first-order chi connectivity index (χ1) is 8.75. The minimum absolute atomic E-state index is 0.479. The average Bonchev–Trinajstić information content (AvgIpc) is 2.40. The zero-order chi connectivity index (χ0) is 12.8. The van der Waals surface area contributed by atoms with E-state index in [4.69, 9.17) is 11.6 Å². The van der Waals surface area contributed by atoms with Crippen LogP contribution in [0.5, 0.6) is 0 Å². The molecule has 1 aromatic carbocycles. The Morgan fingerprint density at radius 2 is 2.28 bits per heavy atom. The van der Waals surface area contributed by atoms with E-state index >= 15 is 0 Å². The molecule has 2 N–H and O–H groups in total. The maximum Gasteiger partial charge on any atom is 0.0438 e. The Labute approximate surface area is 115 Å². The summed E-state index contributed by atoms with van der Waals surface area (Å²) < 4.78 is 0. The van der Waals surface area contributed by atoms with Crippen molar-refractivity contribution >= 4 is 11.6 Å². The summed E-state index contributed by atoms with van der Waals surface area (Å²) >= 11 is 6.18. The molecule has 1 aliphatic heterocycles. The monoisotopic (exact) mass is 266 g/mol. The molecule has 0 spiro atoms. The molecule has 0 aliphatic carbocycles. The van der Waals surface area contributed by atoms with Crippen LogP contribution in [0.15, 0.2) is 24.3 Å². The summed E-state index contributed by atoms with van der Waals surface area (Å²) in [5, 5.41) is 7.97. The summed E-state index contributed by atoms with van der Waals surface area (Å²) in [6.07, 6.45) is 3.66. The van der Waals surface area contributed by atoms with Crippen LogP contribution < -0.4 is 10.6 Å². The van der Waals surface area contributed by atoms with Gasteiger partial charge in [0.25, 0.3) is 0 Å². The number of halogens is 1. The molecule has 1 heterocycles. The van der Waals surface area contributed by atoms with Crippen molar-refractivity contribution in [2.45, 2.75) is 32.2 Å². The third kappa shape index (κ3) is 4.27. The zero-order valence-electron chi connectivity index (χ0n) is 11.1. The molecule has 0 radical (unpaired) electrons. The quantitative estimate of drug-likeness (QED) is 0.856. The Morgan fingerprint density at radius 3 is 3.00 bits per heavy atom. The first kappa shape index (κ1) is 13.9. The van der Waals surface area contributed by atoms with Crippen molar-refractivity contribution in [1.82, 2.24) is 10.6 Å². The fourth-order valence-corrected chi connectivity index (χ4v) is 2.74. The second kappa shape index (κ2) is 7.13. The molecule has 2 atom stereocenters. The highest BCUT2D eigenvalue weighted by Crippen LogP contribution is 2.17. The van der Waals surface area contributed by atoms with E-state index in [-0.39, 0.29) is 0 Å². The van der Waals surface area contributed by atoms with Gasteiger partial charge in [-0.25, -0.2) is 0 Å². The van der Waals surface area contributed by atoms with Gasteiger partial charge in [-0.05, 0) is 63.4 Å². The van der Waals surface area contributed by atoms with Gasteiger partial charge in [0.2, 0.25) is 0 Å². The number of rotatable bonds is 5. The minimum atomic E-state index is 0.479. The molecular weight excluding hydrogens is 244 g/mol. The van der Waals surface area contributed by atoms with Crippen LogP contribution in [0.1, 0.15) is 25.3 Å². The van der Waals surface area contributed by atoms with E-state index in [2.05, 4.69) is 29.7 Å². The standard InChI is InChI=1S/C15H23ClN2/c1-12(9-14-6-2-3-7-15(14)16)18-11-13-5-4-8-17-10-13/h2-3,6-7,12-13,17-18H,4-5,8-11H2,1H3. The Balaban J connectivity index is 1.74. The Morgan fingerprint density at radius 1 is 1.44 bits per heavy atom. The van der Waals surface area contributed by atoms with Gasteiger partial charge in [0.1, 0.15) is 0 Å². The molecule has 1 saturated heterocycles. The van der Waals surface area contributed by atoms with Gasteiger partial charge in [-0.1, -0.05) is 29.8 Å². The Bertz CT molecular complexity index is 361. The topological polar surface area (TPSA) is 24.1 Å². The van der Waals surface area contributed by atoms with E-state index < -0.39 is 0 Å². The second-order valence-electron chi connectivity index (χ2n) is 5.32. The van der Waals surface area contributed by atoms with Crippen LogP contribution in [0.25, 0.3) is 0 Å². The van der Waals surface area contributed by atoms with Crippen LogP contribution in [0.2, 0.25) is 5.02 Å². The number of hydrogen-bond donors (Lipinski definition) is 2. The SMILES string of the molecule is CC(Cc1ccccc1Cl)NCC1CCCNC1. The molecule has 2 rings (SSSR count). The van der Waals surface area contributed by atoms with E-state index in [1.807, 2.05) is 12.1 Å². The van der Waals surface area contributed by atoms with Crippen molar-refractivity contribution < 1.29 is 0 Å². The lowest BCUT2D eigenvalue weighted by Crippen LogP contribution is -2.39. The predicted molar refractivity (Wildman–Crippen MR) is 78.2 cm³/mol. The van der Waals surface area contributed by atoms with Gasteiger partial charge >= 0.3 is 0 Å². The maximum atomic E-state index is 6.18. The molecule has 100 valence electrons. The number of benzene rings is 1. The predicted octanol–water partition coefficient (Wildman–Crippen LogP) is 2.86. The molecular formula is C15H23ClN2. The van der Waals surface area contributed by atoms with E-state index in [0.717, 1.165) is 30.5 Å². The van der Waals surface area contributed by atoms with Gasteiger partial charge in [-0.2, -0.15) is 0 Å². The van der Waals surface area contributed by atoms with E-state index in [1.165, 1.54) is 24.9 Å². The molecule has 1 aliphatic rings. The van der Waals surface area contributed by atoms with Crippen molar-refractivity contribution in [3.8, 4) is 0 Å². The van der Waals surface area contributed by atoms with Crippen LogP contribution in [0, 0.1) is 5.92 Å². The lowest BCUT2D eigenvalue weighted by molar-refractivity contribution is 0.346. The molecule has 0 amide bonds. The van der Waals surface area contributed by atoms with Crippen molar-refractivity contribution in [2.75, 3.05) is 19.6 Å². The highest BCUT2D eigenvalue weighted by molar-refractivity contribution is 6.31. The van der Waals surface area contributed by atoms with Crippen LogP contribution in [0.3, 0.4) is 0 Å². The van der Waals surface area contributed by atoms with Gasteiger partial charge in [0.15, 0.2) is 0 Å². The van der Waals surface area contributed by atoms with Gasteiger partial charge in [0.05, 0.1) is 0 Å². The molecule has 3 heteroatoms. The van der Waals surface area contributed by atoms with Crippen LogP contribution in [0.4, 0.5) is 0 Å². The fraction of sp³-hybridized carbons (Fsp3) is 0.600. The highest BCUT2D eigenvalue weighted by atomic mass is 35.5. The van der Waals surface area contributed by atoms with Gasteiger partial charge in [-0.15, -0.1) is 0 Å². The van der Waals surface area contributed by atoms with Gasteiger partial charge in [-0.3, -0.25) is 0 Å². The van der Waals surface area contributed by atoms with Gasteiger partial charge < -0.3 is 10.6 Å². The smallest absolute Gasteiger partial charge is 0.0438 e. The van der Waals surface area contributed by atoms with Crippen LogP contribution >= 0.6 is 11.6 Å². The van der Waals surface area contributed by atoms with Crippen molar-refractivity contribution in [2.24, 2.45) is 5.92 Å². The Hall–Kier alpha value is -0.570. The minimum Gasteiger partial charge on any atom is -0.316 e. The third-order valence-electron chi connectivity index (χ3n) is 3.64. The van der Waals surface area contributed by atoms with Crippen molar-refractivity contribution in [3.63, 3.8) is 0 Å². The van der Waals surface area contributed by atoms with Gasteiger partial charge in [0, 0.05) is 11.1 Å². The lowest BCUT2D eigenvalue weighted by atomic mass is 9.99. The summed E-state index contributed by atoms with van der Waals surface area (Å²) in [5.41, 5.74) is 1.24. The summed E-state index contributed by atoms with van der Waals surface area (Å²) in [6, 6.07) is 8.60. The zero-order valence-corrected chi connectivity index (χ0v) is 11.8. The van der Waals surface area contributed by atoms with Crippen LogP contribution in [-0.2, 0) is 6.42 Å². The molecule has 0 bridgehead atoms. The molecule has 18 heavy (non-hydrogen) atoms. The van der Waals surface area contributed by atoms with Crippen molar-refractivity contribution in [1.29, 1.82) is 0 Å². The number of piperidine rings is 1. The van der Waals surface area contributed by atoms with Crippen molar-refractivity contribution in [3.05, 3.63) is 34.9 Å². The van der Waals surface area contributed by atoms with E-state index in [9.17, 15) is 0 Å². The normalized spacial score (nSPS) is 21.8. The second-order valence-corrected chi connectivity index (χ2v) is 5.72. The average molecular weight is 267 g/mol. The fourth-order valence-electron chi connectivity index (χ4n) is 2.53. The van der Waals surface area contributed by atoms with E-state index in [1.54, 1.807) is 0 Å². The summed E-state index contributed by atoms with van der Waals surface area (Å²) in [5.74, 6) is 0.785. The molecule has 1 aromatic rings. The highest BCUT2D eigenvalue weighted by Gasteiger charge is 2.14. The first-order valence-corrected chi connectivity index (χ1v) is 7.31. The molecule has 1 fully saturated rings. The number of hydrogen-bond acceptors (Lipinski definition) is 2. The largest absolute Gasteiger partial charge is 0.316 e.